The second-order valence-corrected chi connectivity index (χ2v) is 8.40. The Morgan fingerprint density at radius 3 is 2.79 bits per heavy atom. The van der Waals surface area contributed by atoms with Crippen LogP contribution < -0.4 is 5.32 Å². The van der Waals surface area contributed by atoms with Gasteiger partial charge in [0.15, 0.2) is 5.82 Å². The van der Waals surface area contributed by atoms with E-state index in [0.29, 0.717) is 31.9 Å². The molecule has 2 amide bonds. The molecule has 1 aliphatic heterocycles. The van der Waals surface area contributed by atoms with Crippen LogP contribution in [0.2, 0.25) is 0 Å². The Bertz CT molecular complexity index is 903. The van der Waals surface area contributed by atoms with Gasteiger partial charge in [0.05, 0.1) is 17.6 Å². The van der Waals surface area contributed by atoms with Crippen LogP contribution in [-0.4, -0.2) is 58.1 Å². The Kier molecular flexibility index (Phi) is 5.58. The molecular weight excluding hydrogens is 368 g/mol. The van der Waals surface area contributed by atoms with Crippen LogP contribution >= 0.6 is 0 Å². The van der Waals surface area contributed by atoms with E-state index < -0.39 is 5.54 Å². The third kappa shape index (κ3) is 3.64. The summed E-state index contributed by atoms with van der Waals surface area (Å²) in [5.74, 6) is 0.148. The van der Waals surface area contributed by atoms with E-state index >= 15 is 0 Å². The third-order valence-electron chi connectivity index (χ3n) is 6.31. The zero-order valence-corrected chi connectivity index (χ0v) is 17.3. The topological polar surface area (TPSA) is 76.5 Å². The van der Waals surface area contributed by atoms with E-state index in [1.807, 2.05) is 35.8 Å². The lowest BCUT2D eigenvalue weighted by Crippen LogP contribution is -2.65. The number of fused-ring (bicyclic) bond motifs is 3. The van der Waals surface area contributed by atoms with Gasteiger partial charge in [0.25, 0.3) is 5.91 Å². The normalized spacial score (nSPS) is 22.7. The predicted molar refractivity (Wildman–Crippen MR) is 111 cm³/mol. The van der Waals surface area contributed by atoms with E-state index in [1.165, 1.54) is 6.42 Å². The van der Waals surface area contributed by atoms with Crippen LogP contribution in [0, 0.1) is 0 Å². The van der Waals surface area contributed by atoms with Crippen molar-refractivity contribution in [1.82, 2.24) is 19.8 Å². The number of hydrogen-bond acceptors (Lipinski definition) is 4. The average Bonchev–Trinajstić information content (AvgIpc) is 3.10. The molecule has 0 bridgehead atoms. The van der Waals surface area contributed by atoms with E-state index in [2.05, 4.69) is 10.3 Å². The Morgan fingerprint density at radius 1 is 1.28 bits per heavy atom. The van der Waals surface area contributed by atoms with Crippen LogP contribution in [0.1, 0.15) is 56.1 Å². The van der Waals surface area contributed by atoms with Crippen molar-refractivity contribution in [2.24, 2.45) is 0 Å². The van der Waals surface area contributed by atoms with Gasteiger partial charge in [-0.1, -0.05) is 31.4 Å². The van der Waals surface area contributed by atoms with Gasteiger partial charge in [-0.3, -0.25) is 9.59 Å². The van der Waals surface area contributed by atoms with Crippen molar-refractivity contribution in [3.8, 4) is 0 Å². The van der Waals surface area contributed by atoms with Gasteiger partial charge in [0.1, 0.15) is 5.54 Å². The highest BCUT2D eigenvalue weighted by molar-refractivity contribution is 6.01. The number of imidazole rings is 1. The molecule has 2 heterocycles. The molecule has 7 nitrogen and oxygen atoms in total. The standard InChI is InChI=1S/C22H30N4O3/c1-22(21(28)23-16-9-4-3-5-10-16)15-25-18-12-7-6-11-17(18)24-19(25)20(27)26(22)13-8-14-29-2/h6-7,11-12,16H,3-5,8-10,13-15H2,1-2H3,(H,23,28)/t22-/m0/s1. The van der Waals surface area contributed by atoms with Crippen molar-refractivity contribution in [2.75, 3.05) is 20.3 Å². The monoisotopic (exact) mass is 398 g/mol. The molecule has 1 atom stereocenters. The zero-order chi connectivity index (χ0) is 20.4. The van der Waals surface area contributed by atoms with Gasteiger partial charge < -0.3 is 19.5 Å². The second kappa shape index (κ2) is 8.14. The summed E-state index contributed by atoms with van der Waals surface area (Å²) in [5, 5.41) is 3.24. The Labute approximate surface area is 171 Å². The van der Waals surface area contributed by atoms with E-state index in [1.54, 1.807) is 12.0 Å². The SMILES string of the molecule is COCCCN1C(=O)c2nc3ccccc3n2C[C@@]1(C)C(=O)NC1CCCCC1. The lowest BCUT2D eigenvalue weighted by molar-refractivity contribution is -0.134. The molecule has 1 fully saturated rings. The molecule has 0 radical (unpaired) electrons. The lowest BCUT2D eigenvalue weighted by atomic mass is 9.91. The molecule has 0 saturated heterocycles. The largest absolute Gasteiger partial charge is 0.385 e. The number of amides is 2. The smallest absolute Gasteiger partial charge is 0.290 e. The minimum absolute atomic E-state index is 0.0707. The highest BCUT2D eigenvalue weighted by Gasteiger charge is 2.48. The van der Waals surface area contributed by atoms with Gasteiger partial charge in [-0.2, -0.15) is 0 Å². The first-order valence-electron chi connectivity index (χ1n) is 10.6. The van der Waals surface area contributed by atoms with Gasteiger partial charge >= 0.3 is 0 Å². The number of para-hydroxylation sites is 2. The summed E-state index contributed by atoms with van der Waals surface area (Å²) in [6.45, 7) is 3.29. The fourth-order valence-corrected chi connectivity index (χ4v) is 4.63. The van der Waals surface area contributed by atoms with Crippen molar-refractivity contribution in [3.05, 3.63) is 30.1 Å². The summed E-state index contributed by atoms with van der Waals surface area (Å²) >= 11 is 0. The van der Waals surface area contributed by atoms with Gasteiger partial charge in [0, 0.05) is 26.3 Å². The van der Waals surface area contributed by atoms with Crippen molar-refractivity contribution in [3.63, 3.8) is 0 Å². The summed E-state index contributed by atoms with van der Waals surface area (Å²) in [4.78, 5) is 33.2. The number of aromatic nitrogens is 2. The fourth-order valence-electron chi connectivity index (χ4n) is 4.63. The van der Waals surface area contributed by atoms with Crippen LogP contribution in [0.3, 0.4) is 0 Å². The Hall–Kier alpha value is -2.41. The molecular formula is C22H30N4O3. The number of ether oxygens (including phenoxy) is 1. The number of rotatable bonds is 6. The summed E-state index contributed by atoms with van der Waals surface area (Å²) in [6.07, 6.45) is 6.23. The highest BCUT2D eigenvalue weighted by atomic mass is 16.5. The van der Waals surface area contributed by atoms with Gasteiger partial charge in [-0.05, 0) is 38.3 Å². The summed E-state index contributed by atoms with van der Waals surface area (Å²) < 4.78 is 7.08. The van der Waals surface area contributed by atoms with Crippen LogP contribution in [-0.2, 0) is 16.1 Å². The van der Waals surface area contributed by atoms with E-state index in [-0.39, 0.29) is 17.9 Å². The van der Waals surface area contributed by atoms with Crippen molar-refractivity contribution in [2.45, 2.75) is 63.6 Å². The van der Waals surface area contributed by atoms with Crippen LogP contribution in [0.5, 0.6) is 0 Å². The molecule has 1 saturated carbocycles. The van der Waals surface area contributed by atoms with E-state index in [0.717, 1.165) is 36.7 Å². The molecule has 0 unspecified atom stereocenters. The summed E-state index contributed by atoms with van der Waals surface area (Å²) in [7, 11) is 1.65. The third-order valence-corrected chi connectivity index (χ3v) is 6.31. The van der Waals surface area contributed by atoms with Crippen LogP contribution in [0.4, 0.5) is 0 Å². The molecule has 2 aliphatic rings. The molecule has 2 aromatic rings. The Balaban J connectivity index is 1.68. The van der Waals surface area contributed by atoms with Crippen LogP contribution in [0.15, 0.2) is 24.3 Å². The fraction of sp³-hybridized carbons (Fsp3) is 0.591. The number of carbonyl (C=O) groups is 2. The van der Waals surface area contributed by atoms with Gasteiger partial charge in [-0.25, -0.2) is 4.98 Å². The number of nitrogens with zero attached hydrogens (tertiary/aromatic N) is 3. The molecule has 0 spiro atoms. The zero-order valence-electron chi connectivity index (χ0n) is 17.3. The predicted octanol–water partition coefficient (Wildman–Crippen LogP) is 2.74. The second-order valence-electron chi connectivity index (χ2n) is 8.40. The molecule has 156 valence electrons. The maximum Gasteiger partial charge on any atom is 0.290 e. The first kappa shape index (κ1) is 19.9. The van der Waals surface area contributed by atoms with Crippen LogP contribution in [0.25, 0.3) is 11.0 Å². The molecule has 4 rings (SSSR count). The van der Waals surface area contributed by atoms with E-state index in [4.69, 9.17) is 4.74 Å². The number of hydrogen-bond donors (Lipinski definition) is 1. The molecule has 1 N–H and O–H groups in total. The molecule has 7 heteroatoms. The molecule has 29 heavy (non-hydrogen) atoms. The highest BCUT2D eigenvalue weighted by Crippen LogP contribution is 2.31. The van der Waals surface area contributed by atoms with Gasteiger partial charge in [0.2, 0.25) is 5.91 Å². The van der Waals surface area contributed by atoms with Crippen molar-refractivity contribution < 1.29 is 14.3 Å². The molecule has 1 aromatic carbocycles. The first-order chi connectivity index (χ1) is 14.0. The molecule has 1 aromatic heterocycles. The lowest BCUT2D eigenvalue weighted by Gasteiger charge is -2.44. The Morgan fingerprint density at radius 2 is 2.03 bits per heavy atom. The number of nitrogens with one attached hydrogen (secondary N) is 1. The summed E-state index contributed by atoms with van der Waals surface area (Å²) in [6, 6.07) is 7.91. The summed E-state index contributed by atoms with van der Waals surface area (Å²) in [5.41, 5.74) is 0.715. The average molecular weight is 399 g/mol. The maximum atomic E-state index is 13.5. The number of benzene rings is 1. The number of methoxy groups -OCH3 is 1. The minimum Gasteiger partial charge on any atom is -0.385 e. The quantitative estimate of drug-likeness (QED) is 0.759. The number of carbonyl (C=O) groups excluding carboxylic acids is 2. The molecule has 1 aliphatic carbocycles. The van der Waals surface area contributed by atoms with Crippen molar-refractivity contribution >= 4 is 22.8 Å². The minimum atomic E-state index is -0.960. The maximum absolute atomic E-state index is 13.5. The van der Waals surface area contributed by atoms with E-state index in [9.17, 15) is 9.59 Å². The first-order valence-corrected chi connectivity index (χ1v) is 10.6. The van der Waals surface area contributed by atoms with Crippen molar-refractivity contribution in [1.29, 1.82) is 0 Å². The van der Waals surface area contributed by atoms with Gasteiger partial charge in [-0.15, -0.1) is 0 Å².